The van der Waals surface area contributed by atoms with Crippen LogP contribution in [0.3, 0.4) is 0 Å². The van der Waals surface area contributed by atoms with Crippen molar-refractivity contribution < 1.29 is 13.9 Å². The predicted octanol–water partition coefficient (Wildman–Crippen LogP) is 6.30. The van der Waals surface area contributed by atoms with E-state index in [-0.39, 0.29) is 11.3 Å². The van der Waals surface area contributed by atoms with Crippen LogP contribution in [0.15, 0.2) is 91.0 Å². The zero-order valence-electron chi connectivity index (χ0n) is 25.7. The molecule has 1 unspecified atom stereocenters. The van der Waals surface area contributed by atoms with E-state index in [1.807, 2.05) is 30.3 Å². The molecule has 0 radical (unpaired) electrons. The van der Waals surface area contributed by atoms with Gasteiger partial charge < -0.3 is 0 Å². The molecule has 4 rings (SSSR count). The minimum atomic E-state index is -3.09. The molecule has 7 heteroatoms. The molecule has 1 aliphatic rings. The number of nitrogens with zero attached hydrogens (tertiary/aromatic N) is 2. The van der Waals surface area contributed by atoms with Gasteiger partial charge in [-0.2, -0.15) is 0 Å². The first kappa shape index (κ1) is 31.6. The Morgan fingerprint density at radius 1 is 0.732 bits per heavy atom. The summed E-state index contributed by atoms with van der Waals surface area (Å²) in [5.41, 5.74) is -0.0780. The molecular weight excluding hydrogens is 546 g/mol. The Bertz CT molecular complexity index is 1210. The minimum absolute atomic E-state index is 0.0780. The molecule has 0 aromatic heterocycles. The van der Waals surface area contributed by atoms with Gasteiger partial charge in [0.25, 0.3) is 0 Å². The van der Waals surface area contributed by atoms with Gasteiger partial charge in [-0.1, -0.05) is 0 Å². The summed E-state index contributed by atoms with van der Waals surface area (Å²) < 4.78 is 22.5. The molecule has 222 valence electrons. The maximum atomic E-state index is 14.2. The fourth-order valence-electron chi connectivity index (χ4n) is 5.74. The van der Waals surface area contributed by atoms with Crippen molar-refractivity contribution in [3.05, 3.63) is 91.0 Å². The van der Waals surface area contributed by atoms with Crippen LogP contribution >= 0.6 is 14.8 Å². The zero-order valence-corrected chi connectivity index (χ0v) is 27.6. The van der Waals surface area contributed by atoms with E-state index in [2.05, 4.69) is 112 Å². The monoisotopic (exact) mass is 594 g/mol. The quantitative estimate of drug-likeness (QED) is 0.273. The van der Waals surface area contributed by atoms with Crippen molar-refractivity contribution in [3.63, 3.8) is 0 Å². The first-order valence-corrected chi connectivity index (χ1v) is 18.6. The molecule has 1 heterocycles. The van der Waals surface area contributed by atoms with E-state index < -0.39 is 19.9 Å². The van der Waals surface area contributed by atoms with Gasteiger partial charge >= 0.3 is 249 Å². The Morgan fingerprint density at radius 3 is 1.51 bits per heavy atom. The Hall–Kier alpha value is -2.29. The van der Waals surface area contributed by atoms with Gasteiger partial charge in [-0.3, -0.25) is 0 Å². The molecule has 1 aliphatic heterocycles. The van der Waals surface area contributed by atoms with Crippen molar-refractivity contribution >= 4 is 36.6 Å². The molecule has 0 spiro atoms. The van der Waals surface area contributed by atoms with Gasteiger partial charge in [0.1, 0.15) is 0 Å². The van der Waals surface area contributed by atoms with Crippen LogP contribution < -0.4 is 15.9 Å². The third-order valence-electron chi connectivity index (χ3n) is 8.02. The fourth-order valence-corrected chi connectivity index (χ4v) is 13.1. The molecule has 1 atom stereocenters. The van der Waals surface area contributed by atoms with Crippen LogP contribution in [-0.2, 0) is 13.9 Å². The Morgan fingerprint density at radius 2 is 1.15 bits per heavy atom. The van der Waals surface area contributed by atoms with Crippen LogP contribution in [0, 0.1) is 5.41 Å². The zero-order chi connectivity index (χ0) is 29.7. The van der Waals surface area contributed by atoms with E-state index in [9.17, 15) is 9.36 Å². The van der Waals surface area contributed by atoms with E-state index in [1.54, 1.807) is 0 Å². The molecule has 0 saturated carbocycles. The SMILES string of the molecule is CC(C)(C)COP(=O)(N1CCN(C(=O)CC[PH](c2ccccc2)(c2ccccc2)c2ccccc2)CC1)C(C)(C)C. The first-order chi connectivity index (χ1) is 19.4. The van der Waals surface area contributed by atoms with E-state index in [0.717, 1.165) is 6.16 Å². The Labute approximate surface area is 248 Å². The fraction of sp³-hybridized carbons (Fsp3) is 0.441. The van der Waals surface area contributed by atoms with Crippen LogP contribution in [0.5, 0.6) is 0 Å². The van der Waals surface area contributed by atoms with E-state index in [4.69, 9.17) is 4.52 Å². The summed E-state index contributed by atoms with van der Waals surface area (Å²) in [6.07, 6.45) is 1.27. The number of hydrogen-bond acceptors (Lipinski definition) is 3. The second-order valence-corrected chi connectivity index (χ2v) is 20.6. The average molecular weight is 595 g/mol. The normalized spacial score (nSPS) is 17.2. The molecule has 3 aromatic carbocycles. The molecule has 1 saturated heterocycles. The van der Waals surface area contributed by atoms with Crippen molar-refractivity contribution in [1.29, 1.82) is 0 Å². The number of carbonyl (C=O) groups excluding carboxylic acids is 1. The summed E-state index contributed by atoms with van der Waals surface area (Å²) in [7, 11) is -5.56. The van der Waals surface area contributed by atoms with Crippen LogP contribution in [-0.4, -0.2) is 59.6 Å². The molecular formula is C34H48N2O3P2. The van der Waals surface area contributed by atoms with Gasteiger partial charge in [0.15, 0.2) is 0 Å². The van der Waals surface area contributed by atoms with Crippen LogP contribution in [0.25, 0.3) is 0 Å². The van der Waals surface area contributed by atoms with E-state index >= 15 is 0 Å². The molecule has 41 heavy (non-hydrogen) atoms. The Balaban J connectivity index is 1.54. The summed E-state index contributed by atoms with van der Waals surface area (Å²) >= 11 is 0. The summed E-state index contributed by atoms with van der Waals surface area (Å²) in [6, 6.07) is 32.2. The van der Waals surface area contributed by atoms with Gasteiger partial charge in [-0.05, 0) is 0 Å². The molecule has 1 amide bonds. The van der Waals surface area contributed by atoms with Crippen LogP contribution in [0.4, 0.5) is 0 Å². The van der Waals surface area contributed by atoms with Gasteiger partial charge in [0.05, 0.1) is 0 Å². The third-order valence-corrected chi connectivity index (χ3v) is 16.3. The molecule has 3 aromatic rings. The summed E-state index contributed by atoms with van der Waals surface area (Å²) in [4.78, 5) is 15.7. The second-order valence-electron chi connectivity index (χ2n) is 13.4. The Kier molecular flexibility index (Phi) is 9.97. The molecule has 0 N–H and O–H groups in total. The van der Waals surface area contributed by atoms with Crippen LogP contribution in [0.2, 0.25) is 0 Å². The van der Waals surface area contributed by atoms with Crippen molar-refractivity contribution in [3.8, 4) is 0 Å². The second kappa shape index (κ2) is 12.9. The van der Waals surface area contributed by atoms with Crippen molar-refractivity contribution in [2.24, 2.45) is 5.41 Å². The number of rotatable bonds is 9. The summed E-state index contributed by atoms with van der Waals surface area (Å²) in [6.45, 7) is 15.0. The summed E-state index contributed by atoms with van der Waals surface area (Å²) in [5, 5.41) is 3.45. The van der Waals surface area contributed by atoms with Gasteiger partial charge in [-0.25, -0.2) is 0 Å². The molecule has 5 nitrogen and oxygen atoms in total. The third kappa shape index (κ3) is 7.20. The summed E-state index contributed by atoms with van der Waals surface area (Å²) in [5.74, 6) is 0.172. The number of amides is 1. The molecule has 1 fully saturated rings. The standard InChI is InChI=1S/C34H48N2O3P2/c1-33(2,3)28-39-41(38,34(4,5)6)36-25-23-35(24-26-36)32(37)22-27-40(29-16-10-7-11-17-29,30-18-12-8-13-19-30)31-20-14-9-15-21-31/h7-21,40H,22-28H2,1-6H3. The van der Waals surface area contributed by atoms with Gasteiger partial charge in [-0.15, -0.1) is 0 Å². The molecule has 0 bridgehead atoms. The van der Waals surface area contributed by atoms with Crippen molar-refractivity contribution in [2.75, 3.05) is 38.9 Å². The van der Waals surface area contributed by atoms with Gasteiger partial charge in [0, 0.05) is 0 Å². The van der Waals surface area contributed by atoms with Gasteiger partial charge in [0.2, 0.25) is 0 Å². The first-order valence-electron chi connectivity index (χ1n) is 14.8. The topological polar surface area (TPSA) is 49.9 Å². The van der Waals surface area contributed by atoms with E-state index in [1.165, 1.54) is 15.9 Å². The van der Waals surface area contributed by atoms with Crippen molar-refractivity contribution in [2.45, 2.75) is 53.1 Å². The maximum absolute atomic E-state index is 14.2. The number of piperazine rings is 1. The van der Waals surface area contributed by atoms with E-state index in [0.29, 0.717) is 39.2 Å². The predicted molar refractivity (Wildman–Crippen MR) is 177 cm³/mol. The molecule has 0 aliphatic carbocycles. The number of hydrogen-bond donors (Lipinski definition) is 0. The number of carbonyl (C=O) groups is 1. The number of benzene rings is 3. The van der Waals surface area contributed by atoms with Crippen LogP contribution in [0.1, 0.15) is 48.0 Å². The average Bonchev–Trinajstić information content (AvgIpc) is 2.97. The van der Waals surface area contributed by atoms with Crippen molar-refractivity contribution in [1.82, 2.24) is 9.57 Å².